The van der Waals surface area contributed by atoms with Crippen LogP contribution < -0.4 is 5.32 Å². The molecule has 0 aliphatic rings. The molecule has 0 fully saturated rings. The van der Waals surface area contributed by atoms with E-state index in [1.165, 1.54) is 11.0 Å². The van der Waals surface area contributed by atoms with Crippen molar-refractivity contribution in [2.75, 3.05) is 19.4 Å². The largest absolute Gasteiger partial charge is 0.377 e. The molecule has 0 aliphatic heterocycles. The topological polar surface area (TPSA) is 75.5 Å². The van der Waals surface area contributed by atoms with Gasteiger partial charge in [0, 0.05) is 31.8 Å². The van der Waals surface area contributed by atoms with Gasteiger partial charge in [-0.05, 0) is 24.5 Å². The second kappa shape index (κ2) is 6.11. The Labute approximate surface area is 125 Å². The molecule has 0 spiro atoms. The monoisotopic (exact) mass is 293 g/mol. The SMILES string of the molecule is CC(Nc1ccc(C(=O)N(C)C)cc1[N+](=O)[O-])C(C)(C)C. The number of nitro groups is 1. The summed E-state index contributed by atoms with van der Waals surface area (Å²) in [5.41, 5.74) is 0.614. The first-order valence-corrected chi connectivity index (χ1v) is 6.80. The van der Waals surface area contributed by atoms with Gasteiger partial charge in [-0.2, -0.15) is 0 Å². The maximum Gasteiger partial charge on any atom is 0.293 e. The van der Waals surface area contributed by atoms with E-state index >= 15 is 0 Å². The Morgan fingerprint density at radius 3 is 2.33 bits per heavy atom. The average molecular weight is 293 g/mol. The first kappa shape index (κ1) is 16.9. The van der Waals surface area contributed by atoms with Crippen molar-refractivity contribution in [3.63, 3.8) is 0 Å². The summed E-state index contributed by atoms with van der Waals surface area (Å²) in [6.45, 7) is 8.14. The smallest absolute Gasteiger partial charge is 0.293 e. The zero-order valence-corrected chi connectivity index (χ0v) is 13.4. The molecule has 21 heavy (non-hydrogen) atoms. The van der Waals surface area contributed by atoms with Gasteiger partial charge in [0.05, 0.1) is 4.92 Å². The van der Waals surface area contributed by atoms with E-state index in [2.05, 4.69) is 26.1 Å². The fourth-order valence-corrected chi connectivity index (χ4v) is 1.65. The van der Waals surface area contributed by atoms with E-state index < -0.39 is 4.92 Å². The van der Waals surface area contributed by atoms with Crippen LogP contribution in [0.15, 0.2) is 18.2 Å². The third kappa shape index (κ3) is 4.18. The van der Waals surface area contributed by atoms with Gasteiger partial charge in [0.2, 0.25) is 0 Å². The highest BCUT2D eigenvalue weighted by atomic mass is 16.6. The maximum atomic E-state index is 11.9. The lowest BCUT2D eigenvalue weighted by molar-refractivity contribution is -0.384. The lowest BCUT2D eigenvalue weighted by atomic mass is 9.88. The molecule has 1 unspecified atom stereocenters. The fraction of sp³-hybridized carbons (Fsp3) is 0.533. The summed E-state index contributed by atoms with van der Waals surface area (Å²) in [7, 11) is 3.23. The molecule has 0 saturated carbocycles. The van der Waals surface area contributed by atoms with Crippen molar-refractivity contribution in [1.29, 1.82) is 0 Å². The fourth-order valence-electron chi connectivity index (χ4n) is 1.65. The standard InChI is InChI=1S/C15H23N3O3/c1-10(15(2,3)4)16-12-8-7-11(14(19)17(5)6)9-13(12)18(20)21/h7-10,16H,1-6H3. The predicted octanol–water partition coefficient (Wildman–Crippen LogP) is 3.14. The number of hydrogen-bond donors (Lipinski definition) is 1. The van der Waals surface area contributed by atoms with Crippen molar-refractivity contribution in [1.82, 2.24) is 4.90 Å². The number of carbonyl (C=O) groups excluding carboxylic acids is 1. The Morgan fingerprint density at radius 2 is 1.90 bits per heavy atom. The van der Waals surface area contributed by atoms with Gasteiger partial charge < -0.3 is 10.2 Å². The third-order valence-corrected chi connectivity index (χ3v) is 3.52. The molecule has 1 aromatic rings. The van der Waals surface area contributed by atoms with Crippen LogP contribution in [-0.2, 0) is 0 Å². The van der Waals surface area contributed by atoms with E-state index in [1.54, 1.807) is 26.2 Å². The second-order valence-corrected chi connectivity index (χ2v) is 6.42. The van der Waals surface area contributed by atoms with Gasteiger partial charge in [0.15, 0.2) is 0 Å². The molecule has 1 atom stereocenters. The van der Waals surface area contributed by atoms with Crippen molar-refractivity contribution >= 4 is 17.3 Å². The molecule has 0 bridgehead atoms. The molecule has 1 amide bonds. The second-order valence-electron chi connectivity index (χ2n) is 6.42. The summed E-state index contributed by atoms with van der Waals surface area (Å²) >= 11 is 0. The highest BCUT2D eigenvalue weighted by Gasteiger charge is 2.24. The minimum absolute atomic E-state index is 0.0357. The van der Waals surface area contributed by atoms with Crippen LogP contribution in [0.4, 0.5) is 11.4 Å². The molecule has 6 heteroatoms. The summed E-state index contributed by atoms with van der Waals surface area (Å²) in [6, 6.07) is 4.57. The van der Waals surface area contributed by atoms with Crippen LogP contribution in [0, 0.1) is 15.5 Å². The van der Waals surface area contributed by atoms with E-state index in [0.717, 1.165) is 0 Å². The van der Waals surface area contributed by atoms with Gasteiger partial charge in [0.1, 0.15) is 5.69 Å². The van der Waals surface area contributed by atoms with Gasteiger partial charge in [-0.3, -0.25) is 14.9 Å². The Balaban J connectivity index is 3.17. The van der Waals surface area contributed by atoms with E-state index in [0.29, 0.717) is 11.3 Å². The summed E-state index contributed by atoms with van der Waals surface area (Å²) in [5, 5.41) is 14.4. The first-order valence-electron chi connectivity index (χ1n) is 6.80. The van der Waals surface area contributed by atoms with Gasteiger partial charge in [0.25, 0.3) is 11.6 Å². The maximum absolute atomic E-state index is 11.9. The molecule has 0 radical (unpaired) electrons. The van der Waals surface area contributed by atoms with Crippen LogP contribution >= 0.6 is 0 Å². The van der Waals surface area contributed by atoms with Gasteiger partial charge >= 0.3 is 0 Å². The molecule has 1 rings (SSSR count). The molecule has 1 aromatic carbocycles. The lowest BCUT2D eigenvalue weighted by Gasteiger charge is -2.28. The number of anilines is 1. The number of amides is 1. The van der Waals surface area contributed by atoms with E-state index in [9.17, 15) is 14.9 Å². The van der Waals surface area contributed by atoms with Crippen molar-refractivity contribution in [3.05, 3.63) is 33.9 Å². The normalized spacial score (nSPS) is 12.7. The predicted molar refractivity (Wildman–Crippen MR) is 83.7 cm³/mol. The summed E-state index contributed by atoms with van der Waals surface area (Å²) in [4.78, 5) is 24.1. The third-order valence-electron chi connectivity index (χ3n) is 3.52. The number of carbonyl (C=O) groups is 1. The quantitative estimate of drug-likeness (QED) is 0.683. The summed E-state index contributed by atoms with van der Waals surface area (Å²) < 4.78 is 0. The van der Waals surface area contributed by atoms with E-state index in [-0.39, 0.29) is 23.1 Å². The molecular weight excluding hydrogens is 270 g/mol. The van der Waals surface area contributed by atoms with Crippen LogP contribution in [-0.4, -0.2) is 35.9 Å². The van der Waals surface area contributed by atoms with Crippen LogP contribution in [0.2, 0.25) is 0 Å². The van der Waals surface area contributed by atoms with Crippen LogP contribution in [0.1, 0.15) is 38.1 Å². The van der Waals surface area contributed by atoms with Crippen molar-refractivity contribution < 1.29 is 9.72 Å². The molecule has 116 valence electrons. The van der Waals surface area contributed by atoms with Crippen LogP contribution in [0.5, 0.6) is 0 Å². The molecule has 0 saturated heterocycles. The highest BCUT2D eigenvalue weighted by Crippen LogP contribution is 2.30. The lowest BCUT2D eigenvalue weighted by Crippen LogP contribution is -2.31. The van der Waals surface area contributed by atoms with Crippen LogP contribution in [0.25, 0.3) is 0 Å². The van der Waals surface area contributed by atoms with Crippen molar-refractivity contribution in [2.45, 2.75) is 33.7 Å². The first-order chi connectivity index (χ1) is 9.54. The summed E-state index contributed by atoms with van der Waals surface area (Å²) in [5.74, 6) is -0.256. The van der Waals surface area contributed by atoms with E-state index in [1.807, 2.05) is 6.92 Å². The number of nitro benzene ring substituents is 1. The van der Waals surface area contributed by atoms with Crippen LogP contribution in [0.3, 0.4) is 0 Å². The molecule has 6 nitrogen and oxygen atoms in total. The number of rotatable bonds is 4. The number of hydrogen-bond acceptors (Lipinski definition) is 4. The zero-order valence-electron chi connectivity index (χ0n) is 13.4. The minimum Gasteiger partial charge on any atom is -0.377 e. The molecule has 0 aromatic heterocycles. The van der Waals surface area contributed by atoms with E-state index in [4.69, 9.17) is 0 Å². The van der Waals surface area contributed by atoms with Gasteiger partial charge in [-0.15, -0.1) is 0 Å². The number of nitrogens with one attached hydrogen (secondary N) is 1. The molecular formula is C15H23N3O3. The van der Waals surface area contributed by atoms with Gasteiger partial charge in [-0.1, -0.05) is 20.8 Å². The Hall–Kier alpha value is -2.11. The van der Waals surface area contributed by atoms with Crippen molar-refractivity contribution in [2.24, 2.45) is 5.41 Å². The Kier molecular flexibility index (Phi) is 4.93. The van der Waals surface area contributed by atoms with Gasteiger partial charge in [-0.25, -0.2) is 0 Å². The molecule has 0 aliphatic carbocycles. The molecule has 1 N–H and O–H groups in total. The minimum atomic E-state index is -0.468. The zero-order chi connectivity index (χ0) is 16.4. The molecule has 0 heterocycles. The number of benzene rings is 1. The Bertz CT molecular complexity index is 548. The summed E-state index contributed by atoms with van der Waals surface area (Å²) in [6.07, 6.45) is 0. The number of nitrogens with zero attached hydrogens (tertiary/aromatic N) is 2. The highest BCUT2D eigenvalue weighted by molar-refractivity contribution is 5.95. The average Bonchev–Trinajstić information content (AvgIpc) is 2.36. The van der Waals surface area contributed by atoms with Crippen molar-refractivity contribution in [3.8, 4) is 0 Å². The Morgan fingerprint density at radius 1 is 1.33 bits per heavy atom.